The monoisotopic (exact) mass is 496 g/mol. The fourth-order valence-corrected chi connectivity index (χ4v) is 3.53. The number of carboxylic acids is 1. The number of aromatic nitrogens is 4. The lowest BCUT2D eigenvalue weighted by Crippen LogP contribution is -2.30. The fraction of sp³-hybridized carbons (Fsp3) is 0.130. The first kappa shape index (κ1) is 23.8. The third kappa shape index (κ3) is 5.25. The van der Waals surface area contributed by atoms with E-state index in [2.05, 4.69) is 25.7 Å². The zero-order valence-electron chi connectivity index (χ0n) is 18.2. The van der Waals surface area contributed by atoms with Crippen LogP contribution in [0.5, 0.6) is 0 Å². The van der Waals surface area contributed by atoms with Crippen molar-refractivity contribution in [3.63, 3.8) is 0 Å². The number of nitrogens with one attached hydrogen (secondary N) is 2. The van der Waals surface area contributed by atoms with Gasteiger partial charge in [0.15, 0.2) is 5.65 Å². The number of hydrogen-bond donors (Lipinski definition) is 3. The Morgan fingerprint density at radius 1 is 1.00 bits per heavy atom. The van der Waals surface area contributed by atoms with E-state index < -0.39 is 23.6 Å². The molecule has 0 spiro atoms. The van der Waals surface area contributed by atoms with Gasteiger partial charge >= 0.3 is 5.97 Å². The van der Waals surface area contributed by atoms with Crippen molar-refractivity contribution in [1.29, 1.82) is 0 Å². The maximum Gasteiger partial charge on any atom is 0.335 e. The number of aryl methyl sites for hydroxylation is 1. The van der Waals surface area contributed by atoms with Crippen LogP contribution in [0.4, 0.5) is 4.39 Å². The number of benzene rings is 2. The van der Waals surface area contributed by atoms with Gasteiger partial charge in [-0.25, -0.2) is 14.2 Å². The summed E-state index contributed by atoms with van der Waals surface area (Å²) in [6, 6.07) is 10.3. The first-order valence-corrected chi connectivity index (χ1v) is 10.7. The van der Waals surface area contributed by atoms with Crippen molar-refractivity contribution >= 4 is 35.0 Å². The molecule has 0 atom stereocenters. The number of amides is 2. The molecule has 3 N–H and O–H groups in total. The largest absolute Gasteiger partial charge is 0.478 e. The molecule has 0 fully saturated rings. The minimum atomic E-state index is -1.03. The number of hydrogen-bond acceptors (Lipinski definition) is 6. The van der Waals surface area contributed by atoms with Crippen LogP contribution in [0.2, 0.25) is 5.02 Å². The fourth-order valence-electron chi connectivity index (χ4n) is 3.32. The van der Waals surface area contributed by atoms with E-state index in [4.69, 9.17) is 16.7 Å². The van der Waals surface area contributed by atoms with Gasteiger partial charge in [0.1, 0.15) is 5.82 Å². The Kier molecular flexibility index (Phi) is 6.69. The second kappa shape index (κ2) is 9.85. The summed E-state index contributed by atoms with van der Waals surface area (Å²) in [5.74, 6) is -3.27. The number of nitrogens with zero attached hydrogens (tertiary/aromatic N) is 4. The quantitative estimate of drug-likeness (QED) is 0.357. The Hall–Kier alpha value is -4.38. The minimum Gasteiger partial charge on any atom is -0.478 e. The SMILES string of the molecule is Cc1cc(CNC(=O)c2nc(C(=O)NCc3ccc(F)c(Cl)c3)nc3ccnn23)ccc1C(=O)O. The van der Waals surface area contributed by atoms with Crippen molar-refractivity contribution in [3.8, 4) is 0 Å². The molecular formula is C23H18ClFN6O4. The zero-order valence-corrected chi connectivity index (χ0v) is 19.0. The highest BCUT2D eigenvalue weighted by Gasteiger charge is 2.19. The number of carbonyl (C=O) groups excluding carboxylic acids is 2. The molecule has 12 heteroatoms. The van der Waals surface area contributed by atoms with Crippen molar-refractivity contribution in [2.45, 2.75) is 20.0 Å². The lowest BCUT2D eigenvalue weighted by atomic mass is 10.1. The van der Waals surface area contributed by atoms with Crippen LogP contribution < -0.4 is 10.6 Å². The summed E-state index contributed by atoms with van der Waals surface area (Å²) in [6.07, 6.45) is 1.41. The van der Waals surface area contributed by atoms with Crippen LogP contribution in [0.25, 0.3) is 5.65 Å². The number of aromatic carboxylic acids is 1. The normalized spacial score (nSPS) is 10.8. The summed E-state index contributed by atoms with van der Waals surface area (Å²) in [5.41, 5.74) is 2.22. The van der Waals surface area contributed by atoms with Gasteiger partial charge in [0.25, 0.3) is 11.8 Å². The topological polar surface area (TPSA) is 139 Å². The molecule has 2 aromatic heterocycles. The average Bonchev–Trinajstić information content (AvgIpc) is 3.31. The van der Waals surface area contributed by atoms with Gasteiger partial charge in [-0.2, -0.15) is 14.6 Å². The van der Waals surface area contributed by atoms with Crippen LogP contribution in [0, 0.1) is 12.7 Å². The Bertz CT molecular complexity index is 1470. The van der Waals surface area contributed by atoms with E-state index in [0.29, 0.717) is 16.7 Å². The molecule has 2 aromatic carbocycles. The van der Waals surface area contributed by atoms with Crippen LogP contribution in [0.3, 0.4) is 0 Å². The smallest absolute Gasteiger partial charge is 0.335 e. The third-order valence-corrected chi connectivity index (χ3v) is 5.36. The van der Waals surface area contributed by atoms with E-state index >= 15 is 0 Å². The molecule has 0 radical (unpaired) electrons. The van der Waals surface area contributed by atoms with Crippen molar-refractivity contribution in [2.24, 2.45) is 0 Å². The van der Waals surface area contributed by atoms with E-state index in [1.807, 2.05) is 0 Å². The lowest BCUT2D eigenvalue weighted by Gasteiger charge is -2.10. The van der Waals surface area contributed by atoms with Crippen LogP contribution in [0.1, 0.15) is 48.3 Å². The maximum atomic E-state index is 13.3. The number of fused-ring (bicyclic) bond motifs is 1. The van der Waals surface area contributed by atoms with E-state index in [0.717, 1.165) is 0 Å². The summed E-state index contributed by atoms with van der Waals surface area (Å²) >= 11 is 5.77. The molecule has 0 aliphatic rings. The van der Waals surface area contributed by atoms with Crippen molar-refractivity contribution in [3.05, 3.63) is 93.4 Å². The van der Waals surface area contributed by atoms with Gasteiger partial charge in [0, 0.05) is 19.2 Å². The second-order valence-corrected chi connectivity index (χ2v) is 7.95. The van der Waals surface area contributed by atoms with E-state index in [9.17, 15) is 18.8 Å². The second-order valence-electron chi connectivity index (χ2n) is 7.54. The molecule has 4 aromatic rings. The van der Waals surface area contributed by atoms with Crippen LogP contribution >= 0.6 is 11.6 Å². The lowest BCUT2D eigenvalue weighted by molar-refractivity contribution is 0.0695. The van der Waals surface area contributed by atoms with E-state index in [1.165, 1.54) is 41.0 Å². The van der Waals surface area contributed by atoms with Gasteiger partial charge in [0.2, 0.25) is 11.6 Å². The highest BCUT2D eigenvalue weighted by atomic mass is 35.5. The van der Waals surface area contributed by atoms with Gasteiger partial charge < -0.3 is 15.7 Å². The molecule has 35 heavy (non-hydrogen) atoms. The summed E-state index contributed by atoms with van der Waals surface area (Å²) in [4.78, 5) is 44.9. The summed E-state index contributed by atoms with van der Waals surface area (Å²) in [7, 11) is 0. The first-order valence-electron chi connectivity index (χ1n) is 10.3. The Morgan fingerprint density at radius 3 is 2.37 bits per heavy atom. The van der Waals surface area contributed by atoms with E-state index in [1.54, 1.807) is 19.1 Å². The Labute approximate surface area is 202 Å². The van der Waals surface area contributed by atoms with Gasteiger partial charge in [-0.3, -0.25) is 9.59 Å². The van der Waals surface area contributed by atoms with Crippen molar-refractivity contribution < 1.29 is 23.9 Å². The van der Waals surface area contributed by atoms with Gasteiger partial charge in [-0.05, 0) is 41.8 Å². The molecule has 0 saturated heterocycles. The van der Waals surface area contributed by atoms with E-state index in [-0.39, 0.29) is 41.0 Å². The standard InChI is InChI=1S/C23H18ClFN6O4/c1-12-8-13(2-4-15(12)23(34)35)10-27-22(33)20-30-19(29-18-6-7-28-31(18)20)21(32)26-11-14-3-5-17(25)16(24)9-14/h2-9H,10-11H2,1H3,(H,26,32)(H,27,33)(H,34,35). The number of rotatable bonds is 7. The molecular weight excluding hydrogens is 479 g/mol. The molecule has 0 unspecified atom stereocenters. The highest BCUT2D eigenvalue weighted by Crippen LogP contribution is 2.16. The summed E-state index contributed by atoms with van der Waals surface area (Å²) in [5, 5.41) is 18.4. The zero-order chi connectivity index (χ0) is 25.1. The minimum absolute atomic E-state index is 0.0415. The molecule has 0 saturated carbocycles. The molecule has 10 nitrogen and oxygen atoms in total. The maximum absolute atomic E-state index is 13.3. The predicted octanol–water partition coefficient (Wildman–Crippen LogP) is 2.78. The predicted molar refractivity (Wildman–Crippen MR) is 123 cm³/mol. The van der Waals surface area contributed by atoms with Gasteiger partial charge in [-0.15, -0.1) is 0 Å². The summed E-state index contributed by atoms with van der Waals surface area (Å²) < 4.78 is 14.5. The molecule has 2 amide bonds. The Balaban J connectivity index is 1.50. The highest BCUT2D eigenvalue weighted by molar-refractivity contribution is 6.30. The summed E-state index contributed by atoms with van der Waals surface area (Å²) in [6.45, 7) is 1.80. The van der Waals surface area contributed by atoms with Crippen molar-refractivity contribution in [2.75, 3.05) is 0 Å². The molecule has 0 aliphatic carbocycles. The third-order valence-electron chi connectivity index (χ3n) is 5.07. The number of halogens is 2. The van der Waals surface area contributed by atoms with Crippen molar-refractivity contribution in [1.82, 2.24) is 30.2 Å². The van der Waals surface area contributed by atoms with Crippen LogP contribution in [-0.4, -0.2) is 42.5 Å². The Morgan fingerprint density at radius 2 is 1.69 bits per heavy atom. The number of carbonyl (C=O) groups is 3. The molecule has 2 heterocycles. The van der Waals surface area contributed by atoms with Crippen LogP contribution in [-0.2, 0) is 13.1 Å². The molecule has 178 valence electrons. The van der Waals surface area contributed by atoms with Gasteiger partial charge in [-0.1, -0.05) is 29.8 Å². The van der Waals surface area contributed by atoms with Gasteiger partial charge in [0.05, 0.1) is 16.8 Å². The molecule has 0 aliphatic heterocycles. The van der Waals surface area contributed by atoms with Crippen LogP contribution in [0.15, 0.2) is 48.7 Å². The first-order chi connectivity index (χ1) is 16.7. The molecule has 4 rings (SSSR count). The average molecular weight is 497 g/mol. The molecule has 0 bridgehead atoms. The number of carboxylic acid groups (broad SMARTS) is 1.